The van der Waals surface area contributed by atoms with Crippen LogP contribution in [0.15, 0.2) is 46.9 Å². The summed E-state index contributed by atoms with van der Waals surface area (Å²) in [6.45, 7) is 4.30. The Morgan fingerprint density at radius 3 is 2.70 bits per heavy atom. The van der Waals surface area contributed by atoms with E-state index in [2.05, 4.69) is 23.2 Å². The quantitative estimate of drug-likeness (QED) is 0.714. The summed E-state index contributed by atoms with van der Waals surface area (Å²) < 4.78 is 16.6. The second-order valence-electron chi connectivity index (χ2n) is 5.29. The van der Waals surface area contributed by atoms with Gasteiger partial charge in [-0.1, -0.05) is 23.8 Å². The zero-order chi connectivity index (χ0) is 16.2. The molecule has 0 radical (unpaired) electrons. The third kappa shape index (κ3) is 3.51. The molecule has 1 aromatic heterocycles. The maximum absolute atomic E-state index is 5.75. The molecule has 0 bridgehead atoms. The molecule has 5 nitrogen and oxygen atoms in total. The number of benzene rings is 2. The van der Waals surface area contributed by atoms with Gasteiger partial charge >= 0.3 is 0 Å². The van der Waals surface area contributed by atoms with Crippen LogP contribution in [0.1, 0.15) is 17.0 Å². The predicted octanol–water partition coefficient (Wildman–Crippen LogP) is 3.94. The van der Waals surface area contributed by atoms with Crippen molar-refractivity contribution in [2.45, 2.75) is 20.5 Å². The van der Waals surface area contributed by atoms with Crippen molar-refractivity contribution in [3.63, 3.8) is 0 Å². The van der Waals surface area contributed by atoms with Crippen LogP contribution in [0.4, 0.5) is 0 Å². The molecule has 3 rings (SSSR count). The van der Waals surface area contributed by atoms with Gasteiger partial charge in [-0.3, -0.25) is 0 Å². The summed E-state index contributed by atoms with van der Waals surface area (Å²) in [6.07, 6.45) is 0. The first-order valence-electron chi connectivity index (χ1n) is 7.32. The average Bonchev–Trinajstić information content (AvgIpc) is 3.03. The summed E-state index contributed by atoms with van der Waals surface area (Å²) in [5, 5.41) is 8.09. The van der Waals surface area contributed by atoms with E-state index in [9.17, 15) is 0 Å². The number of aryl methyl sites for hydroxylation is 2. The molecule has 0 fully saturated rings. The molecule has 0 unspecified atom stereocenters. The number of hydrogen-bond acceptors (Lipinski definition) is 5. The highest BCUT2D eigenvalue weighted by molar-refractivity contribution is 5.55. The van der Waals surface area contributed by atoms with Crippen LogP contribution >= 0.6 is 0 Å². The number of hydrogen-bond donors (Lipinski definition) is 0. The van der Waals surface area contributed by atoms with Gasteiger partial charge in [-0.2, -0.15) is 0 Å². The minimum Gasteiger partial charge on any atom is -0.497 e. The lowest BCUT2D eigenvalue weighted by Crippen LogP contribution is -1.97. The topological polar surface area (TPSA) is 57.4 Å². The Morgan fingerprint density at radius 1 is 1.04 bits per heavy atom. The summed E-state index contributed by atoms with van der Waals surface area (Å²) >= 11 is 0. The third-order valence-electron chi connectivity index (χ3n) is 3.47. The molecule has 0 N–H and O–H groups in total. The van der Waals surface area contributed by atoms with E-state index in [-0.39, 0.29) is 6.61 Å². The summed E-state index contributed by atoms with van der Waals surface area (Å²) in [5.74, 6) is 2.44. The molecular formula is C18H18N2O3. The molecule has 0 saturated carbocycles. The van der Waals surface area contributed by atoms with E-state index in [1.165, 1.54) is 5.56 Å². The lowest BCUT2D eigenvalue weighted by Gasteiger charge is -2.07. The molecule has 118 valence electrons. The molecule has 0 aliphatic carbocycles. The largest absolute Gasteiger partial charge is 0.497 e. The van der Waals surface area contributed by atoms with E-state index in [0.29, 0.717) is 11.8 Å². The van der Waals surface area contributed by atoms with E-state index in [0.717, 1.165) is 22.6 Å². The fraction of sp³-hybridized carbons (Fsp3) is 0.222. The highest BCUT2D eigenvalue weighted by Gasteiger charge is 2.10. The van der Waals surface area contributed by atoms with Gasteiger partial charge in [0.25, 0.3) is 5.89 Å². The third-order valence-corrected chi connectivity index (χ3v) is 3.47. The Labute approximate surface area is 134 Å². The van der Waals surface area contributed by atoms with Crippen LogP contribution in [-0.4, -0.2) is 17.3 Å². The number of ether oxygens (including phenoxy) is 2. The molecule has 23 heavy (non-hydrogen) atoms. The van der Waals surface area contributed by atoms with Crippen molar-refractivity contribution in [2.24, 2.45) is 0 Å². The first-order chi connectivity index (χ1) is 11.2. The van der Waals surface area contributed by atoms with Crippen molar-refractivity contribution >= 4 is 0 Å². The summed E-state index contributed by atoms with van der Waals surface area (Å²) in [6, 6.07) is 13.5. The van der Waals surface area contributed by atoms with Crippen molar-refractivity contribution in [2.75, 3.05) is 7.11 Å². The maximum Gasteiger partial charge on any atom is 0.254 e. The first-order valence-corrected chi connectivity index (χ1v) is 7.32. The Hall–Kier alpha value is -2.82. The van der Waals surface area contributed by atoms with Gasteiger partial charge in [-0.05, 0) is 43.7 Å². The van der Waals surface area contributed by atoms with Crippen LogP contribution in [0.5, 0.6) is 11.5 Å². The number of nitrogens with zero attached hydrogens (tertiary/aromatic N) is 2. The molecule has 0 atom stereocenters. The number of aromatic nitrogens is 2. The molecule has 0 aliphatic rings. The van der Waals surface area contributed by atoms with Gasteiger partial charge in [0, 0.05) is 5.56 Å². The zero-order valence-electron chi connectivity index (χ0n) is 13.4. The van der Waals surface area contributed by atoms with Gasteiger partial charge in [0.15, 0.2) is 6.61 Å². The normalized spacial score (nSPS) is 10.6. The van der Waals surface area contributed by atoms with Gasteiger partial charge < -0.3 is 13.9 Å². The van der Waals surface area contributed by atoms with Gasteiger partial charge in [-0.25, -0.2) is 0 Å². The van der Waals surface area contributed by atoms with Crippen LogP contribution in [-0.2, 0) is 6.61 Å². The second-order valence-corrected chi connectivity index (χ2v) is 5.29. The first kappa shape index (κ1) is 15.1. The Kier molecular flexibility index (Phi) is 4.28. The lowest BCUT2D eigenvalue weighted by molar-refractivity contribution is 0.263. The fourth-order valence-electron chi connectivity index (χ4n) is 2.29. The molecule has 3 aromatic rings. The molecule has 0 amide bonds. The van der Waals surface area contributed by atoms with Crippen molar-refractivity contribution in [1.29, 1.82) is 0 Å². The summed E-state index contributed by atoms with van der Waals surface area (Å²) in [7, 11) is 1.62. The highest BCUT2D eigenvalue weighted by atomic mass is 16.5. The molecule has 5 heteroatoms. The predicted molar refractivity (Wildman–Crippen MR) is 86.5 cm³/mol. The SMILES string of the molecule is COc1cccc(-c2nnc(COc3ccc(C)cc3C)o2)c1. The van der Waals surface area contributed by atoms with E-state index in [1.807, 2.05) is 43.3 Å². The standard InChI is InChI=1S/C18H18N2O3/c1-12-7-8-16(13(2)9-12)22-11-17-19-20-18(23-17)14-5-4-6-15(10-14)21-3/h4-10H,11H2,1-3H3. The lowest BCUT2D eigenvalue weighted by atomic mass is 10.1. The summed E-state index contributed by atoms with van der Waals surface area (Å²) in [4.78, 5) is 0. The van der Waals surface area contributed by atoms with Crippen LogP contribution in [0.3, 0.4) is 0 Å². The minimum absolute atomic E-state index is 0.237. The number of rotatable bonds is 5. The molecule has 1 heterocycles. The maximum atomic E-state index is 5.75. The molecule has 0 spiro atoms. The molecule has 0 aliphatic heterocycles. The Bertz CT molecular complexity index is 812. The van der Waals surface area contributed by atoms with E-state index >= 15 is 0 Å². The number of methoxy groups -OCH3 is 1. The van der Waals surface area contributed by atoms with Crippen molar-refractivity contribution < 1.29 is 13.9 Å². The smallest absolute Gasteiger partial charge is 0.254 e. The second kappa shape index (κ2) is 6.52. The molecule has 0 saturated heterocycles. The van der Waals surface area contributed by atoms with Crippen molar-refractivity contribution in [1.82, 2.24) is 10.2 Å². The fourth-order valence-corrected chi connectivity index (χ4v) is 2.29. The van der Waals surface area contributed by atoms with Gasteiger partial charge in [0.1, 0.15) is 11.5 Å². The van der Waals surface area contributed by atoms with Crippen LogP contribution in [0.2, 0.25) is 0 Å². The van der Waals surface area contributed by atoms with E-state index < -0.39 is 0 Å². The van der Waals surface area contributed by atoms with E-state index in [1.54, 1.807) is 7.11 Å². The monoisotopic (exact) mass is 310 g/mol. The Morgan fingerprint density at radius 2 is 1.91 bits per heavy atom. The van der Waals surface area contributed by atoms with Crippen LogP contribution in [0, 0.1) is 13.8 Å². The van der Waals surface area contributed by atoms with Gasteiger partial charge in [-0.15, -0.1) is 10.2 Å². The van der Waals surface area contributed by atoms with Gasteiger partial charge in [0.05, 0.1) is 7.11 Å². The average molecular weight is 310 g/mol. The van der Waals surface area contributed by atoms with Crippen molar-refractivity contribution in [3.05, 3.63) is 59.5 Å². The van der Waals surface area contributed by atoms with Crippen LogP contribution in [0.25, 0.3) is 11.5 Å². The van der Waals surface area contributed by atoms with Crippen molar-refractivity contribution in [3.8, 4) is 23.0 Å². The molecule has 2 aromatic carbocycles. The highest BCUT2D eigenvalue weighted by Crippen LogP contribution is 2.24. The summed E-state index contributed by atoms with van der Waals surface area (Å²) in [5.41, 5.74) is 3.10. The van der Waals surface area contributed by atoms with Crippen LogP contribution < -0.4 is 9.47 Å². The minimum atomic E-state index is 0.237. The molecular weight excluding hydrogens is 292 g/mol. The van der Waals surface area contributed by atoms with E-state index in [4.69, 9.17) is 13.9 Å². The Balaban J connectivity index is 1.72. The van der Waals surface area contributed by atoms with Gasteiger partial charge in [0.2, 0.25) is 5.89 Å². The zero-order valence-corrected chi connectivity index (χ0v) is 13.4.